The quantitative estimate of drug-likeness (QED) is 0.845. The predicted molar refractivity (Wildman–Crippen MR) is 88.4 cm³/mol. The maximum Gasteiger partial charge on any atom is 0.265 e. The summed E-state index contributed by atoms with van der Waals surface area (Å²) in [7, 11) is 1.99. The first-order valence-electron chi connectivity index (χ1n) is 7.83. The Balaban J connectivity index is 1.62. The molecule has 3 rings (SSSR count). The number of hydrogen-bond donors (Lipinski definition) is 0. The van der Waals surface area contributed by atoms with Crippen LogP contribution in [-0.2, 0) is 13.6 Å². The number of thiazole rings is 1. The molecule has 3 heterocycles. The van der Waals surface area contributed by atoms with Crippen LogP contribution in [-0.4, -0.2) is 61.6 Å². The van der Waals surface area contributed by atoms with Crippen molar-refractivity contribution in [3.05, 3.63) is 27.7 Å². The maximum absolute atomic E-state index is 12.6. The van der Waals surface area contributed by atoms with E-state index in [4.69, 9.17) is 0 Å². The number of nitrogens with zero attached hydrogens (tertiary/aromatic N) is 6. The number of carbonyl (C=O) groups excluding carboxylic acids is 1. The van der Waals surface area contributed by atoms with E-state index in [-0.39, 0.29) is 5.91 Å². The molecule has 0 saturated carbocycles. The van der Waals surface area contributed by atoms with Crippen LogP contribution in [0.5, 0.6) is 0 Å². The molecule has 0 spiro atoms. The van der Waals surface area contributed by atoms with Gasteiger partial charge in [0.25, 0.3) is 5.91 Å². The van der Waals surface area contributed by atoms with Gasteiger partial charge in [0.1, 0.15) is 16.5 Å². The number of amides is 1. The minimum absolute atomic E-state index is 0.112. The van der Waals surface area contributed by atoms with E-state index >= 15 is 0 Å². The molecule has 23 heavy (non-hydrogen) atoms. The average molecular weight is 334 g/mol. The van der Waals surface area contributed by atoms with E-state index in [0.717, 1.165) is 61.4 Å². The molecule has 2 aromatic rings. The van der Waals surface area contributed by atoms with Gasteiger partial charge < -0.3 is 9.47 Å². The highest BCUT2D eigenvalue weighted by Crippen LogP contribution is 2.17. The molecular weight excluding hydrogens is 312 g/mol. The van der Waals surface area contributed by atoms with E-state index in [2.05, 4.69) is 20.1 Å². The molecule has 8 heteroatoms. The van der Waals surface area contributed by atoms with Crippen LogP contribution in [0.1, 0.15) is 33.4 Å². The van der Waals surface area contributed by atoms with Crippen LogP contribution >= 0.6 is 11.3 Å². The third-order valence-electron chi connectivity index (χ3n) is 4.36. The van der Waals surface area contributed by atoms with Crippen LogP contribution in [0.2, 0.25) is 0 Å². The molecule has 0 aromatic carbocycles. The predicted octanol–water partition coefficient (Wildman–Crippen LogP) is 1.24. The summed E-state index contributed by atoms with van der Waals surface area (Å²) in [5, 5.41) is 8.34. The van der Waals surface area contributed by atoms with Gasteiger partial charge in [-0.25, -0.2) is 4.98 Å². The second kappa shape index (κ2) is 6.76. The lowest BCUT2D eigenvalue weighted by Gasteiger charge is -2.21. The van der Waals surface area contributed by atoms with E-state index in [1.807, 2.05) is 30.4 Å². The second-order valence-electron chi connectivity index (χ2n) is 5.91. The Hall–Kier alpha value is -1.80. The molecule has 1 aliphatic heterocycles. The summed E-state index contributed by atoms with van der Waals surface area (Å²) in [5.74, 6) is 2.01. The minimum atomic E-state index is 0.112. The van der Waals surface area contributed by atoms with Gasteiger partial charge in [-0.15, -0.1) is 21.5 Å². The molecule has 1 fully saturated rings. The zero-order chi connectivity index (χ0) is 16.4. The van der Waals surface area contributed by atoms with Crippen LogP contribution in [0.15, 0.2) is 5.51 Å². The number of aromatic nitrogens is 4. The largest absolute Gasteiger partial charge is 0.337 e. The molecule has 0 aliphatic carbocycles. The molecule has 0 atom stereocenters. The van der Waals surface area contributed by atoms with Gasteiger partial charge in [0.05, 0.1) is 17.7 Å². The molecule has 2 aromatic heterocycles. The minimum Gasteiger partial charge on any atom is -0.337 e. The summed E-state index contributed by atoms with van der Waals surface area (Å²) in [6.07, 6.45) is 0.973. The van der Waals surface area contributed by atoms with Crippen molar-refractivity contribution >= 4 is 17.2 Å². The average Bonchev–Trinajstić information content (AvgIpc) is 3.00. The van der Waals surface area contributed by atoms with Crippen molar-refractivity contribution in [3.8, 4) is 0 Å². The van der Waals surface area contributed by atoms with Gasteiger partial charge in [-0.2, -0.15) is 0 Å². The Morgan fingerprint density at radius 1 is 1.22 bits per heavy atom. The van der Waals surface area contributed by atoms with Gasteiger partial charge in [0.2, 0.25) is 0 Å². The summed E-state index contributed by atoms with van der Waals surface area (Å²) in [5.41, 5.74) is 2.57. The number of aryl methyl sites for hydroxylation is 2. The Kier molecular flexibility index (Phi) is 4.72. The summed E-state index contributed by atoms with van der Waals surface area (Å²) >= 11 is 1.43. The van der Waals surface area contributed by atoms with Crippen LogP contribution in [0.3, 0.4) is 0 Å². The first-order chi connectivity index (χ1) is 11.1. The molecule has 1 amide bonds. The summed E-state index contributed by atoms with van der Waals surface area (Å²) in [4.78, 5) is 21.8. The molecular formula is C15H22N6OS. The maximum atomic E-state index is 12.6. The molecule has 124 valence electrons. The fourth-order valence-electron chi connectivity index (χ4n) is 2.77. The normalized spacial score (nSPS) is 16.6. The fourth-order valence-corrected chi connectivity index (χ4v) is 3.54. The summed E-state index contributed by atoms with van der Waals surface area (Å²) in [6, 6.07) is 0. The molecule has 0 bridgehead atoms. The second-order valence-corrected chi connectivity index (χ2v) is 6.77. The molecule has 1 aliphatic rings. The Morgan fingerprint density at radius 2 is 2.04 bits per heavy atom. The number of rotatable bonds is 3. The highest BCUT2D eigenvalue weighted by Gasteiger charge is 2.23. The van der Waals surface area contributed by atoms with Crippen LogP contribution < -0.4 is 0 Å². The third-order valence-corrected chi connectivity index (χ3v) is 5.28. The van der Waals surface area contributed by atoms with E-state index in [1.165, 1.54) is 11.3 Å². The molecule has 0 radical (unpaired) electrons. The lowest BCUT2D eigenvalue weighted by atomic mass is 10.3. The lowest BCUT2D eigenvalue weighted by Crippen LogP contribution is -2.35. The van der Waals surface area contributed by atoms with Crippen molar-refractivity contribution in [1.82, 2.24) is 29.5 Å². The SMILES string of the molecule is Cc1ncsc1C(=O)N1CCCN(Cc2nnc(C)n2C)CC1. The van der Waals surface area contributed by atoms with Gasteiger partial charge in [-0.3, -0.25) is 9.69 Å². The standard InChI is InChI=1S/C15H22N6OS/c1-11-14(23-10-16-11)15(22)21-6-4-5-20(7-8-21)9-13-18-17-12(2)19(13)3/h10H,4-9H2,1-3H3. The van der Waals surface area contributed by atoms with Crippen molar-refractivity contribution in [2.45, 2.75) is 26.8 Å². The first kappa shape index (κ1) is 16.1. The zero-order valence-electron chi connectivity index (χ0n) is 13.8. The van der Waals surface area contributed by atoms with Crippen LogP contribution in [0.4, 0.5) is 0 Å². The van der Waals surface area contributed by atoms with Gasteiger partial charge in [-0.05, 0) is 20.3 Å². The van der Waals surface area contributed by atoms with Crippen molar-refractivity contribution in [3.63, 3.8) is 0 Å². The van der Waals surface area contributed by atoms with Gasteiger partial charge in [0, 0.05) is 33.2 Å². The van der Waals surface area contributed by atoms with Crippen molar-refractivity contribution < 1.29 is 4.79 Å². The van der Waals surface area contributed by atoms with Gasteiger partial charge in [0.15, 0.2) is 0 Å². The Morgan fingerprint density at radius 3 is 2.70 bits per heavy atom. The van der Waals surface area contributed by atoms with Crippen molar-refractivity contribution in [2.75, 3.05) is 26.2 Å². The van der Waals surface area contributed by atoms with Crippen LogP contribution in [0.25, 0.3) is 0 Å². The Bertz CT molecular complexity index is 694. The monoisotopic (exact) mass is 334 g/mol. The summed E-state index contributed by atoms with van der Waals surface area (Å²) < 4.78 is 2.02. The fraction of sp³-hybridized carbons (Fsp3) is 0.600. The van der Waals surface area contributed by atoms with Gasteiger partial charge in [-0.1, -0.05) is 0 Å². The zero-order valence-corrected chi connectivity index (χ0v) is 14.6. The topological polar surface area (TPSA) is 67.2 Å². The lowest BCUT2D eigenvalue weighted by molar-refractivity contribution is 0.0765. The van der Waals surface area contributed by atoms with E-state index in [1.54, 1.807) is 5.51 Å². The number of hydrogen-bond acceptors (Lipinski definition) is 6. The Labute approximate surface area is 140 Å². The van der Waals surface area contributed by atoms with Crippen LogP contribution in [0, 0.1) is 13.8 Å². The van der Waals surface area contributed by atoms with Gasteiger partial charge >= 0.3 is 0 Å². The van der Waals surface area contributed by atoms with E-state index < -0.39 is 0 Å². The third kappa shape index (κ3) is 3.42. The molecule has 0 unspecified atom stereocenters. The molecule has 0 N–H and O–H groups in total. The van der Waals surface area contributed by atoms with Crippen molar-refractivity contribution in [2.24, 2.45) is 7.05 Å². The number of carbonyl (C=O) groups is 1. The first-order valence-corrected chi connectivity index (χ1v) is 8.71. The highest BCUT2D eigenvalue weighted by atomic mass is 32.1. The highest BCUT2D eigenvalue weighted by molar-refractivity contribution is 7.11. The molecule has 7 nitrogen and oxygen atoms in total. The molecule has 1 saturated heterocycles. The van der Waals surface area contributed by atoms with E-state index in [9.17, 15) is 4.79 Å². The van der Waals surface area contributed by atoms with E-state index in [0.29, 0.717) is 0 Å². The smallest absolute Gasteiger partial charge is 0.265 e. The van der Waals surface area contributed by atoms with Crippen molar-refractivity contribution in [1.29, 1.82) is 0 Å². The summed E-state index contributed by atoms with van der Waals surface area (Å²) in [6.45, 7) is 7.99.